The lowest BCUT2D eigenvalue weighted by molar-refractivity contribution is -0.384. The molecule has 3 aromatic rings. The molecule has 130 valence electrons. The lowest BCUT2D eigenvalue weighted by Gasteiger charge is -2.13. The molecule has 2 aromatic carbocycles. The number of pyridine rings is 1. The van der Waals surface area contributed by atoms with Gasteiger partial charge in [-0.1, -0.05) is 42.5 Å². The largest absolute Gasteiger partial charge is 0.478 e. The molecule has 0 aliphatic carbocycles. The zero-order valence-electron chi connectivity index (χ0n) is 13.6. The molecule has 2 N–H and O–H groups in total. The molecule has 0 spiro atoms. The van der Waals surface area contributed by atoms with Crippen molar-refractivity contribution in [3.05, 3.63) is 88.1 Å². The summed E-state index contributed by atoms with van der Waals surface area (Å²) in [4.78, 5) is 26.1. The first kappa shape index (κ1) is 17.1. The molecule has 0 atom stereocenters. The summed E-state index contributed by atoms with van der Waals surface area (Å²) in [6.07, 6.45) is 1.47. The van der Waals surface area contributed by atoms with E-state index >= 15 is 0 Å². The van der Waals surface area contributed by atoms with Gasteiger partial charge < -0.3 is 10.4 Å². The van der Waals surface area contributed by atoms with E-state index in [0.29, 0.717) is 5.56 Å². The van der Waals surface area contributed by atoms with Crippen molar-refractivity contribution in [3.63, 3.8) is 0 Å². The maximum Gasteiger partial charge on any atom is 0.336 e. The molecule has 1 aromatic heterocycles. The monoisotopic (exact) mass is 349 g/mol. The van der Waals surface area contributed by atoms with Crippen molar-refractivity contribution in [1.82, 2.24) is 4.98 Å². The SMILES string of the molecule is O=C(O)c1ccccc1-c1ccccc1CNc1ncccc1[N+](=O)[O-]. The van der Waals surface area contributed by atoms with Crippen LogP contribution in [0.25, 0.3) is 11.1 Å². The highest BCUT2D eigenvalue weighted by Gasteiger charge is 2.16. The van der Waals surface area contributed by atoms with Crippen molar-refractivity contribution in [1.29, 1.82) is 0 Å². The fourth-order valence-electron chi connectivity index (χ4n) is 2.70. The summed E-state index contributed by atoms with van der Waals surface area (Å²) in [6.45, 7) is 0.266. The molecule has 26 heavy (non-hydrogen) atoms. The summed E-state index contributed by atoms with van der Waals surface area (Å²) in [7, 11) is 0. The lowest BCUT2D eigenvalue weighted by Crippen LogP contribution is -2.06. The van der Waals surface area contributed by atoms with E-state index in [1.807, 2.05) is 24.3 Å². The Hall–Kier alpha value is -3.74. The van der Waals surface area contributed by atoms with Crippen molar-refractivity contribution < 1.29 is 14.8 Å². The van der Waals surface area contributed by atoms with Crippen LogP contribution in [0, 0.1) is 10.1 Å². The first-order valence-electron chi connectivity index (χ1n) is 7.82. The van der Waals surface area contributed by atoms with Crippen LogP contribution in [0.3, 0.4) is 0 Å². The van der Waals surface area contributed by atoms with Crippen molar-refractivity contribution in [2.24, 2.45) is 0 Å². The van der Waals surface area contributed by atoms with Crippen LogP contribution in [0.1, 0.15) is 15.9 Å². The Bertz CT molecular complexity index is 972. The number of carboxylic acids is 1. The Labute approximate surface area is 149 Å². The van der Waals surface area contributed by atoms with Crippen LogP contribution in [0.4, 0.5) is 11.5 Å². The van der Waals surface area contributed by atoms with Crippen molar-refractivity contribution in [2.45, 2.75) is 6.54 Å². The topological polar surface area (TPSA) is 105 Å². The summed E-state index contributed by atoms with van der Waals surface area (Å²) in [5.41, 5.74) is 2.23. The number of carboxylic acid groups (broad SMARTS) is 1. The number of hydrogen-bond acceptors (Lipinski definition) is 5. The van der Waals surface area contributed by atoms with Gasteiger partial charge in [0.15, 0.2) is 0 Å². The van der Waals surface area contributed by atoms with E-state index < -0.39 is 10.9 Å². The molecule has 0 aliphatic heterocycles. The first-order chi connectivity index (χ1) is 12.6. The Balaban J connectivity index is 1.95. The number of carbonyl (C=O) groups is 1. The van der Waals surface area contributed by atoms with Crippen LogP contribution < -0.4 is 5.32 Å². The number of anilines is 1. The highest BCUT2D eigenvalue weighted by atomic mass is 16.6. The van der Waals surface area contributed by atoms with Crippen LogP contribution in [-0.2, 0) is 6.54 Å². The quantitative estimate of drug-likeness (QED) is 0.515. The number of hydrogen-bond donors (Lipinski definition) is 2. The van der Waals surface area contributed by atoms with Gasteiger partial charge in [0.1, 0.15) is 0 Å². The van der Waals surface area contributed by atoms with Gasteiger partial charge in [-0.25, -0.2) is 9.78 Å². The van der Waals surface area contributed by atoms with Gasteiger partial charge in [-0.15, -0.1) is 0 Å². The highest BCUT2D eigenvalue weighted by molar-refractivity contribution is 5.96. The molecule has 0 saturated carbocycles. The molecule has 0 saturated heterocycles. The van der Waals surface area contributed by atoms with Gasteiger partial charge in [-0.3, -0.25) is 10.1 Å². The average molecular weight is 349 g/mol. The predicted octanol–water partition coefficient (Wildman–Crippen LogP) is 3.97. The number of aromatic nitrogens is 1. The van der Waals surface area contributed by atoms with E-state index in [9.17, 15) is 20.0 Å². The average Bonchev–Trinajstić information content (AvgIpc) is 2.66. The molecule has 0 amide bonds. The van der Waals surface area contributed by atoms with E-state index in [1.54, 1.807) is 24.3 Å². The second kappa shape index (κ2) is 7.43. The third kappa shape index (κ3) is 3.51. The van der Waals surface area contributed by atoms with Crippen LogP contribution in [0.15, 0.2) is 66.9 Å². The molecule has 7 heteroatoms. The fraction of sp³-hybridized carbons (Fsp3) is 0.0526. The molecule has 0 fully saturated rings. The van der Waals surface area contributed by atoms with Gasteiger partial charge in [-0.05, 0) is 28.8 Å². The van der Waals surface area contributed by atoms with Gasteiger partial charge in [-0.2, -0.15) is 0 Å². The summed E-state index contributed by atoms with van der Waals surface area (Å²) in [5, 5.41) is 23.5. The minimum Gasteiger partial charge on any atom is -0.478 e. The Kier molecular flexibility index (Phi) is 4.89. The van der Waals surface area contributed by atoms with Gasteiger partial charge in [0.2, 0.25) is 5.82 Å². The first-order valence-corrected chi connectivity index (χ1v) is 7.82. The number of rotatable bonds is 6. The van der Waals surface area contributed by atoms with Crippen LogP contribution in [0.5, 0.6) is 0 Å². The zero-order valence-corrected chi connectivity index (χ0v) is 13.6. The Morgan fingerprint density at radius 2 is 1.73 bits per heavy atom. The molecule has 0 bridgehead atoms. The van der Waals surface area contributed by atoms with Crippen molar-refractivity contribution in [2.75, 3.05) is 5.32 Å². The molecular formula is C19H15N3O4. The summed E-state index contributed by atoms with van der Waals surface area (Å²) < 4.78 is 0. The van der Waals surface area contributed by atoms with E-state index in [4.69, 9.17) is 0 Å². The molecule has 7 nitrogen and oxygen atoms in total. The molecule has 0 unspecified atom stereocenters. The molecular weight excluding hydrogens is 334 g/mol. The normalized spacial score (nSPS) is 10.3. The molecule has 3 rings (SSSR count). The minimum atomic E-state index is -1.01. The number of aromatic carboxylic acids is 1. The highest BCUT2D eigenvalue weighted by Crippen LogP contribution is 2.28. The number of benzene rings is 2. The predicted molar refractivity (Wildman–Crippen MR) is 97.1 cm³/mol. The maximum atomic E-state index is 11.5. The van der Waals surface area contributed by atoms with E-state index in [-0.39, 0.29) is 23.6 Å². The second-order valence-electron chi connectivity index (χ2n) is 5.49. The minimum absolute atomic E-state index is 0.115. The van der Waals surface area contributed by atoms with Crippen molar-refractivity contribution in [3.8, 4) is 11.1 Å². The maximum absolute atomic E-state index is 11.5. The van der Waals surface area contributed by atoms with Gasteiger partial charge in [0, 0.05) is 18.8 Å². The summed E-state index contributed by atoms with van der Waals surface area (Å²) in [5.74, 6) is -0.845. The fourth-order valence-corrected chi connectivity index (χ4v) is 2.70. The third-order valence-electron chi connectivity index (χ3n) is 3.89. The van der Waals surface area contributed by atoms with Gasteiger partial charge >= 0.3 is 11.7 Å². The molecule has 0 aliphatic rings. The van der Waals surface area contributed by atoms with Crippen LogP contribution >= 0.6 is 0 Å². The number of nitrogens with zero attached hydrogens (tertiary/aromatic N) is 2. The van der Waals surface area contributed by atoms with E-state index in [1.165, 1.54) is 18.3 Å². The number of nitrogens with one attached hydrogen (secondary N) is 1. The standard InChI is InChI=1S/C19H15N3O4/c23-19(24)16-9-4-3-8-15(16)14-7-2-1-6-13(14)12-21-18-17(22(25)26)10-5-11-20-18/h1-11H,12H2,(H,20,21)(H,23,24). The van der Waals surface area contributed by atoms with Gasteiger partial charge in [0.05, 0.1) is 10.5 Å². The zero-order chi connectivity index (χ0) is 18.5. The lowest BCUT2D eigenvalue weighted by atomic mass is 9.95. The van der Waals surface area contributed by atoms with E-state index in [2.05, 4.69) is 10.3 Å². The molecule has 1 heterocycles. The molecule has 0 radical (unpaired) electrons. The van der Waals surface area contributed by atoms with Crippen LogP contribution in [0.2, 0.25) is 0 Å². The Morgan fingerprint density at radius 1 is 1.04 bits per heavy atom. The van der Waals surface area contributed by atoms with Crippen molar-refractivity contribution >= 4 is 17.5 Å². The second-order valence-corrected chi connectivity index (χ2v) is 5.49. The van der Waals surface area contributed by atoms with E-state index in [0.717, 1.165) is 11.1 Å². The smallest absolute Gasteiger partial charge is 0.336 e. The summed E-state index contributed by atoms with van der Waals surface area (Å²) >= 11 is 0. The van der Waals surface area contributed by atoms with Gasteiger partial charge in [0.25, 0.3) is 0 Å². The Morgan fingerprint density at radius 3 is 2.46 bits per heavy atom. The third-order valence-corrected chi connectivity index (χ3v) is 3.89. The number of nitro groups is 1. The van der Waals surface area contributed by atoms with Crippen LogP contribution in [-0.4, -0.2) is 21.0 Å². The summed E-state index contributed by atoms with van der Waals surface area (Å²) in [6, 6.07) is 16.9.